The summed E-state index contributed by atoms with van der Waals surface area (Å²) in [6.07, 6.45) is 2.22. The average Bonchev–Trinajstić information content (AvgIpc) is 2.44. The van der Waals surface area contributed by atoms with Crippen LogP contribution in [0.5, 0.6) is 5.75 Å². The van der Waals surface area contributed by atoms with Crippen molar-refractivity contribution in [3.63, 3.8) is 0 Å². The molecular weight excluding hydrogens is 293 g/mol. The molecule has 1 aliphatic heterocycles. The molecule has 0 spiro atoms. The van der Waals surface area contributed by atoms with Gasteiger partial charge in [-0.2, -0.15) is 0 Å². The van der Waals surface area contributed by atoms with E-state index in [9.17, 15) is 5.11 Å². The second-order valence-electron chi connectivity index (χ2n) is 5.05. The van der Waals surface area contributed by atoms with E-state index in [1.165, 1.54) is 11.3 Å². The van der Waals surface area contributed by atoms with Crippen LogP contribution in [0, 0.1) is 0 Å². The Bertz CT molecular complexity index is 642. The van der Waals surface area contributed by atoms with E-state index in [-0.39, 0.29) is 5.75 Å². The van der Waals surface area contributed by atoms with Gasteiger partial charge in [0.05, 0.1) is 5.02 Å². The molecule has 1 heterocycles. The van der Waals surface area contributed by atoms with Crippen LogP contribution < -0.4 is 4.90 Å². The molecule has 3 rings (SSSR count). The van der Waals surface area contributed by atoms with Crippen molar-refractivity contribution >= 4 is 28.9 Å². The van der Waals surface area contributed by atoms with E-state index in [4.69, 9.17) is 23.2 Å². The number of halogens is 2. The summed E-state index contributed by atoms with van der Waals surface area (Å²) in [7, 11) is 0. The van der Waals surface area contributed by atoms with E-state index in [0.29, 0.717) is 16.6 Å². The first-order chi connectivity index (χ1) is 9.65. The third kappa shape index (κ3) is 2.58. The molecule has 0 saturated heterocycles. The van der Waals surface area contributed by atoms with Crippen molar-refractivity contribution in [3.8, 4) is 5.75 Å². The van der Waals surface area contributed by atoms with E-state index in [2.05, 4.69) is 23.1 Å². The van der Waals surface area contributed by atoms with Gasteiger partial charge in [0.2, 0.25) is 0 Å². The van der Waals surface area contributed by atoms with E-state index in [1.807, 2.05) is 6.07 Å². The monoisotopic (exact) mass is 307 g/mol. The van der Waals surface area contributed by atoms with Gasteiger partial charge in [0.25, 0.3) is 0 Å². The van der Waals surface area contributed by atoms with E-state index < -0.39 is 0 Å². The standard InChI is InChI=1S/C16H15Cl2NO/c17-13-8-12(16(20)14(18)9-13)10-19-7-3-5-11-4-1-2-6-15(11)19/h1-2,4,6,8-9,20H,3,5,7,10H2. The number of benzene rings is 2. The highest BCUT2D eigenvalue weighted by Crippen LogP contribution is 2.34. The minimum Gasteiger partial charge on any atom is -0.506 e. The Labute approximate surface area is 128 Å². The number of anilines is 1. The lowest BCUT2D eigenvalue weighted by Crippen LogP contribution is -2.28. The smallest absolute Gasteiger partial charge is 0.139 e. The van der Waals surface area contributed by atoms with Crippen molar-refractivity contribution in [2.24, 2.45) is 0 Å². The summed E-state index contributed by atoms with van der Waals surface area (Å²) in [5, 5.41) is 10.9. The number of fused-ring (bicyclic) bond motifs is 1. The molecular formula is C16H15Cl2NO. The molecule has 0 amide bonds. The first-order valence-corrected chi connectivity index (χ1v) is 7.40. The highest BCUT2D eigenvalue weighted by molar-refractivity contribution is 6.35. The second-order valence-corrected chi connectivity index (χ2v) is 5.89. The molecule has 0 atom stereocenters. The van der Waals surface area contributed by atoms with Crippen LogP contribution in [0.3, 0.4) is 0 Å². The normalized spacial score (nSPS) is 14.2. The molecule has 2 aromatic carbocycles. The molecule has 0 unspecified atom stereocenters. The summed E-state index contributed by atoms with van der Waals surface area (Å²) in [6, 6.07) is 11.7. The zero-order valence-corrected chi connectivity index (χ0v) is 12.5. The molecule has 0 fully saturated rings. The minimum atomic E-state index is 0.124. The van der Waals surface area contributed by atoms with Gasteiger partial charge in [0.1, 0.15) is 5.75 Å². The zero-order chi connectivity index (χ0) is 14.1. The van der Waals surface area contributed by atoms with Crippen molar-refractivity contribution in [2.45, 2.75) is 19.4 Å². The lowest BCUT2D eigenvalue weighted by Gasteiger charge is -2.31. The minimum absolute atomic E-state index is 0.124. The summed E-state index contributed by atoms with van der Waals surface area (Å²) >= 11 is 12.0. The van der Waals surface area contributed by atoms with Crippen LogP contribution in [-0.4, -0.2) is 11.7 Å². The van der Waals surface area contributed by atoms with Crippen LogP contribution in [0.4, 0.5) is 5.69 Å². The summed E-state index contributed by atoms with van der Waals surface area (Å²) in [5.41, 5.74) is 3.35. The maximum atomic E-state index is 10.1. The Hall–Kier alpha value is -1.38. The second kappa shape index (κ2) is 5.55. The molecule has 0 aliphatic carbocycles. The van der Waals surface area contributed by atoms with Crippen molar-refractivity contribution in [1.29, 1.82) is 0 Å². The van der Waals surface area contributed by atoms with Crippen molar-refractivity contribution in [1.82, 2.24) is 0 Å². The third-order valence-corrected chi connectivity index (χ3v) is 4.18. The number of nitrogens with zero attached hydrogens (tertiary/aromatic N) is 1. The quantitative estimate of drug-likeness (QED) is 0.873. The summed E-state index contributed by atoms with van der Waals surface area (Å²) < 4.78 is 0. The third-order valence-electron chi connectivity index (χ3n) is 3.67. The molecule has 2 nitrogen and oxygen atoms in total. The molecule has 1 aliphatic rings. The van der Waals surface area contributed by atoms with Crippen LogP contribution in [0.25, 0.3) is 0 Å². The Morgan fingerprint density at radius 3 is 2.80 bits per heavy atom. The lowest BCUT2D eigenvalue weighted by molar-refractivity contribution is 0.467. The van der Waals surface area contributed by atoms with Gasteiger partial charge in [0, 0.05) is 29.4 Å². The molecule has 0 saturated carbocycles. The molecule has 1 N–H and O–H groups in total. The molecule has 20 heavy (non-hydrogen) atoms. The highest BCUT2D eigenvalue weighted by Gasteiger charge is 2.18. The summed E-state index contributed by atoms with van der Waals surface area (Å²) in [6.45, 7) is 1.59. The highest BCUT2D eigenvalue weighted by atomic mass is 35.5. The Kier molecular flexibility index (Phi) is 3.77. The largest absolute Gasteiger partial charge is 0.506 e. The number of rotatable bonds is 2. The summed E-state index contributed by atoms with van der Waals surface area (Å²) in [4.78, 5) is 2.26. The number of aromatic hydroxyl groups is 1. The first-order valence-electron chi connectivity index (χ1n) is 6.65. The number of para-hydroxylation sites is 1. The van der Waals surface area contributed by atoms with Crippen molar-refractivity contribution in [3.05, 3.63) is 57.6 Å². The molecule has 104 valence electrons. The zero-order valence-electron chi connectivity index (χ0n) is 10.9. The Morgan fingerprint density at radius 1 is 1.15 bits per heavy atom. The van der Waals surface area contributed by atoms with Crippen LogP contribution >= 0.6 is 23.2 Å². The molecule has 0 aromatic heterocycles. The predicted molar refractivity (Wildman–Crippen MR) is 83.9 cm³/mol. The van der Waals surface area contributed by atoms with Gasteiger partial charge in [-0.25, -0.2) is 0 Å². The number of hydrogen-bond donors (Lipinski definition) is 1. The van der Waals surface area contributed by atoms with E-state index >= 15 is 0 Å². The van der Waals surface area contributed by atoms with Gasteiger partial charge >= 0.3 is 0 Å². The van der Waals surface area contributed by atoms with Crippen LogP contribution in [-0.2, 0) is 13.0 Å². The van der Waals surface area contributed by atoms with Crippen LogP contribution in [0.15, 0.2) is 36.4 Å². The number of aryl methyl sites for hydroxylation is 1. The maximum absolute atomic E-state index is 10.1. The molecule has 0 bridgehead atoms. The Balaban J connectivity index is 1.93. The molecule has 4 heteroatoms. The number of phenolic OH excluding ortho intramolecular Hbond substituents is 1. The number of phenols is 1. The van der Waals surface area contributed by atoms with Crippen molar-refractivity contribution in [2.75, 3.05) is 11.4 Å². The van der Waals surface area contributed by atoms with E-state index in [0.717, 1.165) is 24.9 Å². The predicted octanol–water partition coefficient (Wildman–Crippen LogP) is 4.65. The van der Waals surface area contributed by atoms with Gasteiger partial charge < -0.3 is 10.0 Å². The summed E-state index contributed by atoms with van der Waals surface area (Å²) in [5.74, 6) is 0.124. The average molecular weight is 308 g/mol. The first kappa shape index (κ1) is 13.6. The number of hydrogen-bond acceptors (Lipinski definition) is 2. The van der Waals surface area contributed by atoms with Gasteiger partial charge in [-0.15, -0.1) is 0 Å². The lowest BCUT2D eigenvalue weighted by atomic mass is 10.0. The SMILES string of the molecule is Oc1c(Cl)cc(Cl)cc1CN1CCCc2ccccc21. The fraction of sp³-hybridized carbons (Fsp3) is 0.250. The fourth-order valence-corrected chi connectivity index (χ4v) is 3.26. The van der Waals surface area contributed by atoms with Crippen LogP contribution in [0.1, 0.15) is 17.5 Å². The Morgan fingerprint density at radius 2 is 1.95 bits per heavy atom. The van der Waals surface area contributed by atoms with Gasteiger partial charge in [-0.3, -0.25) is 0 Å². The maximum Gasteiger partial charge on any atom is 0.139 e. The molecule has 0 radical (unpaired) electrons. The molecule has 2 aromatic rings. The topological polar surface area (TPSA) is 23.5 Å². The van der Waals surface area contributed by atoms with Gasteiger partial charge in [-0.1, -0.05) is 41.4 Å². The van der Waals surface area contributed by atoms with Crippen molar-refractivity contribution < 1.29 is 5.11 Å². The van der Waals surface area contributed by atoms with Gasteiger partial charge in [-0.05, 0) is 36.6 Å². The van der Waals surface area contributed by atoms with Crippen LogP contribution in [0.2, 0.25) is 10.0 Å². The van der Waals surface area contributed by atoms with E-state index in [1.54, 1.807) is 12.1 Å². The van der Waals surface area contributed by atoms with Gasteiger partial charge in [0.15, 0.2) is 0 Å². The fourth-order valence-electron chi connectivity index (χ4n) is 2.72.